The Balaban J connectivity index is 1.08. The number of hydrogen-bond donors (Lipinski definition) is 0. The van der Waals surface area contributed by atoms with Crippen molar-refractivity contribution in [1.82, 2.24) is 19.9 Å². The SMILES string of the molecule is c1ccc(-c2cc(-c3cccc4c3sc3ccccc34)nc(N3[Si](c4ccccc4)N(c4nc(-c5ccccc5)cc(-c5cccc6c5sc5ccccc56)n4)[Si-]3(c3ccccc3)c3ccccc3)n2)cc1. The molecule has 0 atom stereocenters. The van der Waals surface area contributed by atoms with Crippen molar-refractivity contribution in [1.29, 1.82) is 0 Å². The number of hydrogen-bond acceptors (Lipinski definition) is 8. The molecule has 13 aromatic rings. The molecule has 5 heterocycles. The van der Waals surface area contributed by atoms with Crippen LogP contribution in [0.1, 0.15) is 0 Å². The van der Waals surface area contributed by atoms with Crippen LogP contribution in [0.5, 0.6) is 0 Å². The summed E-state index contributed by atoms with van der Waals surface area (Å²) in [5, 5.41) is 8.52. The van der Waals surface area contributed by atoms with E-state index < -0.39 is 17.5 Å². The monoisotopic (exact) mass is 989 g/mol. The molecular weight excluding hydrogens is 949 g/mol. The van der Waals surface area contributed by atoms with Gasteiger partial charge >= 0.3 is 0 Å². The fourth-order valence-corrected chi connectivity index (χ4v) is 23.8. The Morgan fingerprint density at radius 1 is 0.333 bits per heavy atom. The maximum atomic E-state index is 5.82. The zero-order chi connectivity index (χ0) is 47.6. The van der Waals surface area contributed by atoms with E-state index in [2.05, 4.69) is 257 Å². The second-order valence-electron chi connectivity index (χ2n) is 17.9. The molecule has 9 aromatic carbocycles. The minimum Gasteiger partial charge on any atom is -0.479 e. The average Bonchev–Trinajstić information content (AvgIpc) is 4.03. The van der Waals surface area contributed by atoms with Crippen LogP contribution in [0.4, 0.5) is 11.9 Å². The average molecular weight is 990 g/mol. The molecule has 0 amide bonds. The summed E-state index contributed by atoms with van der Waals surface area (Å²) in [7, 11) is -5.51. The van der Waals surface area contributed by atoms with Crippen molar-refractivity contribution in [3.05, 3.63) is 249 Å². The van der Waals surface area contributed by atoms with Crippen LogP contribution >= 0.6 is 22.7 Å². The van der Waals surface area contributed by atoms with Gasteiger partial charge in [0.05, 0.1) is 22.8 Å². The molecule has 14 rings (SSSR count). The molecule has 1 fully saturated rings. The zero-order valence-corrected chi connectivity index (χ0v) is 42.3. The largest absolute Gasteiger partial charge is 0.479 e. The minimum atomic E-state index is -3.47. The molecule has 0 unspecified atom stereocenters. The Kier molecular flexibility index (Phi) is 10.3. The van der Waals surface area contributed by atoms with E-state index in [0.29, 0.717) is 11.9 Å². The van der Waals surface area contributed by atoms with Crippen molar-refractivity contribution >= 4 is 108 Å². The Morgan fingerprint density at radius 3 is 1.14 bits per heavy atom. The van der Waals surface area contributed by atoms with E-state index in [9.17, 15) is 0 Å². The van der Waals surface area contributed by atoms with E-state index in [0.717, 1.165) is 45.0 Å². The van der Waals surface area contributed by atoms with Crippen LogP contribution in [0.2, 0.25) is 0 Å². The van der Waals surface area contributed by atoms with Gasteiger partial charge in [-0.05, 0) is 29.5 Å². The molecule has 1 aliphatic rings. The van der Waals surface area contributed by atoms with E-state index in [-0.39, 0.29) is 0 Å². The summed E-state index contributed by atoms with van der Waals surface area (Å²) >= 11 is 3.65. The van der Waals surface area contributed by atoms with Crippen molar-refractivity contribution in [2.45, 2.75) is 0 Å². The molecule has 1 radical (unpaired) electrons. The topological polar surface area (TPSA) is 58.0 Å². The van der Waals surface area contributed by atoms with Gasteiger partial charge in [0.25, 0.3) is 9.12 Å². The lowest BCUT2D eigenvalue weighted by atomic mass is 10.0. The second-order valence-corrected chi connectivity index (χ2v) is 26.4. The van der Waals surface area contributed by atoms with Crippen LogP contribution in [-0.2, 0) is 0 Å². The van der Waals surface area contributed by atoms with Crippen LogP contribution in [0, 0.1) is 0 Å². The third-order valence-electron chi connectivity index (χ3n) is 13.8. The van der Waals surface area contributed by atoms with E-state index >= 15 is 0 Å². The number of anilines is 2. The highest BCUT2D eigenvalue weighted by molar-refractivity contribution is 7.29. The van der Waals surface area contributed by atoms with Gasteiger partial charge in [-0.25, -0.2) is 19.9 Å². The number of rotatable bonds is 9. The van der Waals surface area contributed by atoms with Gasteiger partial charge in [0, 0.05) is 62.6 Å². The van der Waals surface area contributed by atoms with Crippen molar-refractivity contribution in [3.8, 4) is 45.0 Å². The van der Waals surface area contributed by atoms with E-state index in [1.54, 1.807) is 0 Å². The van der Waals surface area contributed by atoms with Crippen molar-refractivity contribution in [2.75, 3.05) is 8.46 Å². The molecule has 340 valence electrons. The number of aromatic nitrogens is 4. The number of fused-ring (bicyclic) bond motifs is 6. The first kappa shape index (κ1) is 42.5. The highest BCUT2D eigenvalue weighted by Crippen LogP contribution is 2.45. The van der Waals surface area contributed by atoms with Gasteiger partial charge in [-0.2, -0.15) is 0 Å². The van der Waals surface area contributed by atoms with Crippen molar-refractivity contribution < 1.29 is 0 Å². The third-order valence-corrected chi connectivity index (χ3v) is 25.5. The summed E-state index contributed by atoms with van der Waals surface area (Å²) in [5.74, 6) is 1.37. The fourth-order valence-electron chi connectivity index (χ4n) is 10.6. The van der Waals surface area contributed by atoms with Gasteiger partial charge in [-0.1, -0.05) is 224 Å². The first-order chi connectivity index (χ1) is 35.7. The molecule has 0 spiro atoms. The summed E-state index contributed by atoms with van der Waals surface area (Å²) < 4.78 is 10.2. The lowest BCUT2D eigenvalue weighted by Gasteiger charge is -2.75. The van der Waals surface area contributed by atoms with Crippen molar-refractivity contribution in [2.24, 2.45) is 0 Å². The van der Waals surface area contributed by atoms with E-state index in [4.69, 9.17) is 19.9 Å². The summed E-state index contributed by atoms with van der Waals surface area (Å²) in [4.78, 5) is 23.1. The third kappa shape index (κ3) is 6.86. The summed E-state index contributed by atoms with van der Waals surface area (Å²) in [6, 6.07) is 89.2. The lowest BCUT2D eigenvalue weighted by Crippen LogP contribution is -2.99. The van der Waals surface area contributed by atoms with Gasteiger partial charge in [-0.15, -0.1) is 33.0 Å². The molecule has 1 saturated heterocycles. The van der Waals surface area contributed by atoms with Crippen LogP contribution in [-0.4, -0.2) is 37.5 Å². The minimum absolute atomic E-state index is 0.687. The normalized spacial score (nSPS) is 13.6. The van der Waals surface area contributed by atoms with Crippen LogP contribution in [0.3, 0.4) is 0 Å². The molecule has 0 bridgehead atoms. The maximum Gasteiger partial charge on any atom is 0.266 e. The fraction of sp³-hybridized carbons (Fsp3) is 0. The highest BCUT2D eigenvalue weighted by atomic mass is 32.1. The molecule has 4 aromatic heterocycles. The zero-order valence-electron chi connectivity index (χ0n) is 38.7. The van der Waals surface area contributed by atoms with Gasteiger partial charge in [-0.3, -0.25) is 0 Å². The number of thiophene rings is 2. The molecular formula is C62H41N6S2Si2-. The Labute approximate surface area is 427 Å². The Hall–Kier alpha value is -8.39. The van der Waals surface area contributed by atoms with Gasteiger partial charge < -0.3 is 8.46 Å². The Morgan fingerprint density at radius 2 is 0.694 bits per heavy atom. The van der Waals surface area contributed by atoms with Crippen LogP contribution < -0.4 is 24.0 Å². The summed E-state index contributed by atoms with van der Waals surface area (Å²) in [6.07, 6.45) is 0. The van der Waals surface area contributed by atoms with E-state index in [1.807, 2.05) is 22.7 Å². The van der Waals surface area contributed by atoms with Gasteiger partial charge in [0.2, 0.25) is 0 Å². The van der Waals surface area contributed by atoms with Gasteiger partial charge in [0.1, 0.15) is 8.40 Å². The second kappa shape index (κ2) is 17.5. The standard InChI is InChI=1S/C62H41N6S2Si2/c1-6-22-42(23-7-1)53-40-55(51-36-20-34-49-47-32-16-18-38-57(47)69-59(49)51)65-61(63-53)67-71(44-26-10-3-11-27-44)68(72(67,45-28-12-4-13-29-45)46-30-14-5-15-31-46)62-64-54(43-24-8-2-9-25-43)41-56(66-62)52-37-21-35-50-48-33-17-19-39-58(48)70-60(50)52/h1-41H/q-1. The predicted octanol–water partition coefficient (Wildman–Crippen LogP) is 13.6. The molecule has 0 aliphatic carbocycles. The number of benzene rings is 9. The van der Waals surface area contributed by atoms with Crippen LogP contribution in [0.15, 0.2) is 249 Å². The summed E-state index contributed by atoms with van der Waals surface area (Å²) in [6.45, 7) is 0. The van der Waals surface area contributed by atoms with Crippen LogP contribution in [0.25, 0.3) is 85.4 Å². The molecule has 0 N–H and O–H groups in total. The first-order valence-electron chi connectivity index (χ1n) is 24.0. The molecule has 1 aliphatic heterocycles. The smallest absolute Gasteiger partial charge is 0.266 e. The summed E-state index contributed by atoms with van der Waals surface area (Å²) in [5.41, 5.74) is 7.74. The highest BCUT2D eigenvalue weighted by Gasteiger charge is 2.56. The molecule has 10 heteroatoms. The quantitative estimate of drug-likeness (QED) is 0.134. The molecule has 6 nitrogen and oxygen atoms in total. The Bertz CT molecular complexity index is 3890. The predicted molar refractivity (Wildman–Crippen MR) is 306 cm³/mol. The first-order valence-corrected chi connectivity index (χ1v) is 29.0. The lowest BCUT2D eigenvalue weighted by molar-refractivity contribution is 1.06. The number of nitrogens with zero attached hydrogens (tertiary/aromatic N) is 6. The molecule has 0 saturated carbocycles. The maximum absolute atomic E-state index is 5.82. The molecule has 72 heavy (non-hydrogen) atoms. The van der Waals surface area contributed by atoms with Gasteiger partial charge in [0.15, 0.2) is 11.9 Å². The van der Waals surface area contributed by atoms with Crippen molar-refractivity contribution in [3.63, 3.8) is 0 Å². The van der Waals surface area contributed by atoms with E-state index in [1.165, 1.54) is 55.9 Å².